The summed E-state index contributed by atoms with van der Waals surface area (Å²) in [6, 6.07) is 15.7. The summed E-state index contributed by atoms with van der Waals surface area (Å²) >= 11 is 0. The first-order chi connectivity index (χ1) is 13.4. The molecule has 0 aromatic heterocycles. The molecule has 1 unspecified atom stereocenters. The van der Waals surface area contributed by atoms with Crippen molar-refractivity contribution in [3.05, 3.63) is 59.7 Å². The van der Waals surface area contributed by atoms with Crippen LogP contribution in [0.3, 0.4) is 0 Å². The van der Waals surface area contributed by atoms with Crippen molar-refractivity contribution in [3.8, 4) is 0 Å². The lowest BCUT2D eigenvalue weighted by atomic mass is 10.1. The number of carbonyl (C=O) groups excluding carboxylic acids is 2. The zero-order chi connectivity index (χ0) is 20.7. The first-order valence-electron chi connectivity index (χ1n) is 9.85. The minimum absolute atomic E-state index is 0.00202. The highest BCUT2D eigenvalue weighted by Crippen LogP contribution is 2.26. The lowest BCUT2D eigenvalue weighted by Gasteiger charge is -2.26. The standard InChI is InChI=1S/C23H31N3O2/c1-6-25(7-2)21-13-14-22(17(3)15-21)26(19(5)27)16-23(28)24-18(4)20-11-9-8-10-12-20/h8-15,18H,6-7,16H2,1-5H3,(H,24,28). The normalized spacial score (nSPS) is 11.6. The van der Waals surface area contributed by atoms with Gasteiger partial charge in [0, 0.05) is 31.4 Å². The summed E-state index contributed by atoms with van der Waals surface area (Å²) in [4.78, 5) is 28.6. The van der Waals surface area contributed by atoms with Crippen LogP contribution >= 0.6 is 0 Å². The molecule has 0 aliphatic heterocycles. The molecule has 0 radical (unpaired) electrons. The Morgan fingerprint density at radius 1 is 1.04 bits per heavy atom. The molecule has 5 heteroatoms. The van der Waals surface area contributed by atoms with Crippen molar-refractivity contribution in [3.63, 3.8) is 0 Å². The maximum absolute atomic E-state index is 12.6. The van der Waals surface area contributed by atoms with E-state index in [9.17, 15) is 9.59 Å². The van der Waals surface area contributed by atoms with Gasteiger partial charge in [0.25, 0.3) is 0 Å². The van der Waals surface area contributed by atoms with Crippen molar-refractivity contribution >= 4 is 23.2 Å². The molecule has 2 rings (SSSR count). The number of nitrogens with one attached hydrogen (secondary N) is 1. The molecular formula is C23H31N3O2. The van der Waals surface area contributed by atoms with Crippen molar-refractivity contribution in [2.45, 2.75) is 40.7 Å². The van der Waals surface area contributed by atoms with Gasteiger partial charge in [0.15, 0.2) is 0 Å². The van der Waals surface area contributed by atoms with E-state index >= 15 is 0 Å². The van der Waals surface area contributed by atoms with Crippen molar-refractivity contribution in [2.24, 2.45) is 0 Å². The van der Waals surface area contributed by atoms with Crippen LogP contribution in [-0.2, 0) is 9.59 Å². The van der Waals surface area contributed by atoms with Crippen LogP contribution in [-0.4, -0.2) is 31.4 Å². The van der Waals surface area contributed by atoms with Crippen LogP contribution < -0.4 is 15.1 Å². The van der Waals surface area contributed by atoms with Crippen molar-refractivity contribution in [1.82, 2.24) is 5.32 Å². The molecule has 0 saturated carbocycles. The van der Waals surface area contributed by atoms with E-state index in [1.807, 2.05) is 56.3 Å². The summed E-state index contributed by atoms with van der Waals surface area (Å²) in [6.45, 7) is 11.5. The Bertz CT molecular complexity index is 801. The number of benzene rings is 2. The molecule has 0 saturated heterocycles. The van der Waals surface area contributed by atoms with Crippen LogP contribution in [0.2, 0.25) is 0 Å². The zero-order valence-corrected chi connectivity index (χ0v) is 17.5. The van der Waals surface area contributed by atoms with Gasteiger partial charge in [-0.05, 0) is 57.0 Å². The number of anilines is 2. The SMILES string of the molecule is CCN(CC)c1ccc(N(CC(=O)NC(C)c2ccccc2)C(C)=O)c(C)c1. The summed E-state index contributed by atoms with van der Waals surface area (Å²) in [6.07, 6.45) is 0. The molecule has 1 atom stereocenters. The quantitative estimate of drug-likeness (QED) is 0.750. The largest absolute Gasteiger partial charge is 0.372 e. The van der Waals surface area contributed by atoms with Crippen molar-refractivity contribution in [2.75, 3.05) is 29.4 Å². The fourth-order valence-electron chi connectivity index (χ4n) is 3.35. The number of amides is 2. The second-order valence-corrected chi connectivity index (χ2v) is 6.95. The number of hydrogen-bond donors (Lipinski definition) is 1. The number of rotatable bonds is 8. The zero-order valence-electron chi connectivity index (χ0n) is 17.5. The average Bonchev–Trinajstić information content (AvgIpc) is 2.68. The Morgan fingerprint density at radius 2 is 1.68 bits per heavy atom. The van der Waals surface area contributed by atoms with Gasteiger partial charge in [0.05, 0.1) is 6.04 Å². The Hall–Kier alpha value is -2.82. The number of nitrogens with zero attached hydrogens (tertiary/aromatic N) is 2. The second kappa shape index (κ2) is 9.93. The first-order valence-corrected chi connectivity index (χ1v) is 9.85. The van der Waals surface area contributed by atoms with E-state index in [1.165, 1.54) is 11.8 Å². The number of hydrogen-bond acceptors (Lipinski definition) is 3. The van der Waals surface area contributed by atoms with Gasteiger partial charge in [-0.2, -0.15) is 0 Å². The minimum Gasteiger partial charge on any atom is -0.372 e. The molecule has 0 fully saturated rings. The maximum atomic E-state index is 12.6. The monoisotopic (exact) mass is 381 g/mol. The topological polar surface area (TPSA) is 52.6 Å². The number of aryl methyl sites for hydroxylation is 1. The Morgan fingerprint density at radius 3 is 2.21 bits per heavy atom. The molecule has 150 valence electrons. The first kappa shape index (κ1) is 21.5. The predicted octanol–water partition coefficient (Wildman–Crippen LogP) is 4.07. The molecule has 0 bridgehead atoms. The van der Waals surface area contributed by atoms with E-state index in [0.717, 1.165) is 35.6 Å². The summed E-state index contributed by atoms with van der Waals surface area (Å²) in [5, 5.41) is 2.98. The van der Waals surface area contributed by atoms with Crippen molar-refractivity contribution < 1.29 is 9.59 Å². The molecule has 0 aliphatic rings. The molecule has 2 amide bonds. The van der Waals surface area contributed by atoms with Crippen LogP contribution in [0.25, 0.3) is 0 Å². The maximum Gasteiger partial charge on any atom is 0.240 e. The third-order valence-corrected chi connectivity index (χ3v) is 4.96. The van der Waals surface area contributed by atoms with Crippen LogP contribution in [0.4, 0.5) is 11.4 Å². The van der Waals surface area contributed by atoms with Gasteiger partial charge >= 0.3 is 0 Å². The Labute approximate surface area is 168 Å². The summed E-state index contributed by atoms with van der Waals surface area (Å²) in [5.41, 5.74) is 3.90. The molecule has 5 nitrogen and oxygen atoms in total. The molecule has 28 heavy (non-hydrogen) atoms. The van der Waals surface area contributed by atoms with Gasteiger partial charge in [0.1, 0.15) is 6.54 Å². The molecule has 1 N–H and O–H groups in total. The highest BCUT2D eigenvalue weighted by molar-refractivity contribution is 5.98. The van der Waals surface area contributed by atoms with E-state index in [-0.39, 0.29) is 24.4 Å². The molecule has 2 aromatic carbocycles. The fraction of sp³-hybridized carbons (Fsp3) is 0.391. The van der Waals surface area contributed by atoms with Crippen molar-refractivity contribution in [1.29, 1.82) is 0 Å². The predicted molar refractivity (Wildman–Crippen MR) is 116 cm³/mol. The van der Waals surface area contributed by atoms with Gasteiger partial charge in [-0.3, -0.25) is 9.59 Å². The Kier molecular flexibility index (Phi) is 7.61. The summed E-state index contributed by atoms with van der Waals surface area (Å²) < 4.78 is 0. The average molecular weight is 382 g/mol. The summed E-state index contributed by atoms with van der Waals surface area (Å²) in [5.74, 6) is -0.333. The van der Waals surface area contributed by atoms with Gasteiger partial charge in [0.2, 0.25) is 11.8 Å². The van der Waals surface area contributed by atoms with Gasteiger partial charge in [-0.1, -0.05) is 30.3 Å². The fourth-order valence-corrected chi connectivity index (χ4v) is 3.35. The van der Waals surface area contributed by atoms with E-state index in [4.69, 9.17) is 0 Å². The van der Waals surface area contributed by atoms with E-state index in [0.29, 0.717) is 0 Å². The van der Waals surface area contributed by atoms with E-state index in [1.54, 1.807) is 0 Å². The smallest absolute Gasteiger partial charge is 0.240 e. The highest BCUT2D eigenvalue weighted by Gasteiger charge is 2.19. The van der Waals surface area contributed by atoms with Crippen LogP contribution in [0.5, 0.6) is 0 Å². The van der Waals surface area contributed by atoms with Crippen LogP contribution in [0.1, 0.15) is 44.9 Å². The molecule has 0 spiro atoms. The van der Waals surface area contributed by atoms with Gasteiger partial charge in [-0.25, -0.2) is 0 Å². The van der Waals surface area contributed by atoms with Gasteiger partial charge < -0.3 is 15.1 Å². The molecule has 0 heterocycles. The Balaban J connectivity index is 2.15. The van der Waals surface area contributed by atoms with E-state index in [2.05, 4.69) is 30.1 Å². The molecular weight excluding hydrogens is 350 g/mol. The third-order valence-electron chi connectivity index (χ3n) is 4.96. The molecule has 0 aliphatic carbocycles. The number of carbonyl (C=O) groups is 2. The highest BCUT2D eigenvalue weighted by atomic mass is 16.2. The lowest BCUT2D eigenvalue weighted by molar-refractivity contribution is -0.123. The second-order valence-electron chi connectivity index (χ2n) is 6.95. The van der Waals surface area contributed by atoms with Crippen LogP contribution in [0.15, 0.2) is 48.5 Å². The van der Waals surface area contributed by atoms with Gasteiger partial charge in [-0.15, -0.1) is 0 Å². The molecule has 2 aromatic rings. The summed E-state index contributed by atoms with van der Waals surface area (Å²) in [7, 11) is 0. The van der Waals surface area contributed by atoms with E-state index < -0.39 is 0 Å². The minimum atomic E-state index is -0.182. The third kappa shape index (κ3) is 5.35. The lowest BCUT2D eigenvalue weighted by Crippen LogP contribution is -2.41. The van der Waals surface area contributed by atoms with Crippen LogP contribution in [0, 0.1) is 6.92 Å².